The van der Waals surface area contributed by atoms with E-state index >= 15 is 0 Å². The minimum atomic E-state index is -1.46. The molecular weight excluding hydrogens is 324 g/mol. The van der Waals surface area contributed by atoms with E-state index in [0.29, 0.717) is 11.4 Å². The lowest BCUT2D eigenvalue weighted by molar-refractivity contribution is -0.139. The van der Waals surface area contributed by atoms with E-state index in [0.717, 1.165) is 19.2 Å². The number of halogens is 2. The van der Waals surface area contributed by atoms with Gasteiger partial charge in [0, 0.05) is 11.3 Å². The fourth-order valence-electron chi connectivity index (χ4n) is 2.32. The van der Waals surface area contributed by atoms with Gasteiger partial charge in [0.15, 0.2) is 17.6 Å². The van der Waals surface area contributed by atoms with Crippen LogP contribution in [-0.4, -0.2) is 34.3 Å². The Bertz CT molecular complexity index is 785. The Morgan fingerprint density at radius 3 is 2.46 bits per heavy atom. The number of methoxy groups -OCH3 is 1. The molecule has 0 radical (unpaired) electrons. The summed E-state index contributed by atoms with van der Waals surface area (Å²) >= 11 is 0. The van der Waals surface area contributed by atoms with Crippen LogP contribution in [0.2, 0.25) is 0 Å². The first-order valence-electron chi connectivity index (χ1n) is 6.85. The fourth-order valence-corrected chi connectivity index (χ4v) is 2.32. The number of carboxylic acids is 1. The molecule has 7 nitrogen and oxygen atoms in total. The van der Waals surface area contributed by atoms with Gasteiger partial charge in [-0.3, -0.25) is 9.89 Å². The summed E-state index contributed by atoms with van der Waals surface area (Å²) in [5, 5.41) is 18.0. The molecule has 1 heterocycles. The predicted molar refractivity (Wildman–Crippen MR) is 78.8 cm³/mol. The minimum absolute atomic E-state index is 0.255. The summed E-state index contributed by atoms with van der Waals surface area (Å²) in [5.74, 6) is -5.53. The molecule has 0 aliphatic heterocycles. The van der Waals surface area contributed by atoms with E-state index in [4.69, 9.17) is 0 Å². The van der Waals surface area contributed by atoms with Gasteiger partial charge in [-0.2, -0.15) is 9.49 Å². The Kier molecular flexibility index (Phi) is 4.82. The van der Waals surface area contributed by atoms with Crippen LogP contribution in [0.25, 0.3) is 0 Å². The van der Waals surface area contributed by atoms with Crippen LogP contribution >= 0.6 is 0 Å². The van der Waals surface area contributed by atoms with E-state index in [1.54, 1.807) is 13.8 Å². The molecule has 2 rings (SSSR count). The van der Waals surface area contributed by atoms with Gasteiger partial charge < -0.3 is 15.2 Å². The standard InChI is InChI=1S/C15H15F2N3O4/c1-6-10(7(2)20-19-6)13(15(22)23)18-14(21)8-4-5-9(24-3)12(17)11(8)16/h4-5,13H,1-3H3,(H,18,21)(H,19,20)(H,22,23). The third-order valence-electron chi connectivity index (χ3n) is 3.51. The molecule has 0 bridgehead atoms. The number of nitrogens with one attached hydrogen (secondary N) is 2. The quantitative estimate of drug-likeness (QED) is 0.771. The number of amides is 1. The number of hydrogen-bond donors (Lipinski definition) is 3. The topological polar surface area (TPSA) is 104 Å². The molecule has 1 atom stereocenters. The van der Waals surface area contributed by atoms with Crippen molar-refractivity contribution in [1.82, 2.24) is 15.5 Å². The van der Waals surface area contributed by atoms with Crippen molar-refractivity contribution >= 4 is 11.9 Å². The Hall–Kier alpha value is -2.97. The molecule has 0 saturated heterocycles. The smallest absolute Gasteiger partial charge is 0.331 e. The SMILES string of the molecule is COc1ccc(C(=O)NC(C(=O)O)c2c(C)n[nH]c2C)c(F)c1F. The summed E-state index contributed by atoms with van der Waals surface area (Å²) in [6, 6.07) is 0.638. The van der Waals surface area contributed by atoms with Gasteiger partial charge in [0.1, 0.15) is 0 Å². The molecule has 2 aromatic rings. The first-order chi connectivity index (χ1) is 11.3. The van der Waals surface area contributed by atoms with Crippen molar-refractivity contribution < 1.29 is 28.2 Å². The molecule has 9 heteroatoms. The summed E-state index contributed by atoms with van der Waals surface area (Å²) in [4.78, 5) is 23.7. The number of aryl methyl sites for hydroxylation is 2. The second kappa shape index (κ2) is 6.65. The number of carbonyl (C=O) groups is 2. The molecule has 0 aliphatic carbocycles. The van der Waals surface area contributed by atoms with Crippen molar-refractivity contribution in [2.45, 2.75) is 19.9 Å². The highest BCUT2D eigenvalue weighted by molar-refractivity contribution is 5.97. The predicted octanol–water partition coefficient (Wildman–Crippen LogP) is 1.87. The zero-order chi connectivity index (χ0) is 18.0. The van der Waals surface area contributed by atoms with Crippen LogP contribution < -0.4 is 10.1 Å². The summed E-state index contributed by atoms with van der Waals surface area (Å²) in [5.41, 5.74) is 0.451. The molecule has 1 aromatic heterocycles. The van der Waals surface area contributed by atoms with Crippen LogP contribution in [0.15, 0.2) is 12.1 Å². The van der Waals surface area contributed by atoms with Crippen LogP contribution in [0.1, 0.15) is 33.4 Å². The second-order valence-electron chi connectivity index (χ2n) is 5.04. The summed E-state index contributed by atoms with van der Waals surface area (Å²) in [6.45, 7) is 3.15. The minimum Gasteiger partial charge on any atom is -0.494 e. The van der Waals surface area contributed by atoms with Gasteiger partial charge in [0.05, 0.1) is 18.4 Å². The Labute approximate surface area is 135 Å². The lowest BCUT2D eigenvalue weighted by Crippen LogP contribution is -2.35. The van der Waals surface area contributed by atoms with Gasteiger partial charge in [0.2, 0.25) is 5.82 Å². The molecule has 1 aromatic carbocycles. The lowest BCUT2D eigenvalue weighted by atomic mass is 10.0. The number of rotatable bonds is 5. The third kappa shape index (κ3) is 3.05. The molecule has 0 spiro atoms. The van der Waals surface area contributed by atoms with E-state index in [1.165, 1.54) is 0 Å². The maximum absolute atomic E-state index is 14.0. The summed E-state index contributed by atoms with van der Waals surface area (Å²) in [7, 11) is 1.16. The van der Waals surface area contributed by atoms with Gasteiger partial charge in [0.25, 0.3) is 5.91 Å². The van der Waals surface area contributed by atoms with Gasteiger partial charge in [-0.15, -0.1) is 0 Å². The maximum atomic E-state index is 14.0. The van der Waals surface area contributed by atoms with Crippen molar-refractivity contribution in [3.8, 4) is 5.75 Å². The Balaban J connectivity index is 2.37. The highest BCUT2D eigenvalue weighted by atomic mass is 19.2. The average Bonchev–Trinajstić information content (AvgIpc) is 2.86. The number of hydrogen-bond acceptors (Lipinski definition) is 4. The van der Waals surface area contributed by atoms with Gasteiger partial charge in [-0.25, -0.2) is 9.18 Å². The molecule has 0 fully saturated rings. The third-order valence-corrected chi connectivity index (χ3v) is 3.51. The number of nitrogens with zero attached hydrogens (tertiary/aromatic N) is 1. The highest BCUT2D eigenvalue weighted by Crippen LogP contribution is 2.24. The normalized spacial score (nSPS) is 11.9. The largest absolute Gasteiger partial charge is 0.494 e. The molecule has 128 valence electrons. The number of carbonyl (C=O) groups excluding carboxylic acids is 1. The van der Waals surface area contributed by atoms with E-state index in [-0.39, 0.29) is 11.3 Å². The van der Waals surface area contributed by atoms with Crippen molar-refractivity contribution in [2.75, 3.05) is 7.11 Å². The van der Waals surface area contributed by atoms with Gasteiger partial charge in [-0.1, -0.05) is 0 Å². The van der Waals surface area contributed by atoms with Crippen LogP contribution in [0.5, 0.6) is 5.75 Å². The number of ether oxygens (including phenoxy) is 1. The van der Waals surface area contributed by atoms with Crippen LogP contribution in [0.3, 0.4) is 0 Å². The van der Waals surface area contributed by atoms with Crippen LogP contribution in [0.4, 0.5) is 8.78 Å². The van der Waals surface area contributed by atoms with E-state index in [9.17, 15) is 23.5 Å². The average molecular weight is 339 g/mol. The van der Waals surface area contributed by atoms with E-state index in [1.807, 2.05) is 0 Å². The highest BCUT2D eigenvalue weighted by Gasteiger charge is 2.29. The first kappa shape index (κ1) is 17.4. The monoisotopic (exact) mass is 339 g/mol. The van der Waals surface area contributed by atoms with Crippen molar-refractivity contribution in [2.24, 2.45) is 0 Å². The van der Waals surface area contributed by atoms with E-state index < -0.39 is 35.1 Å². The maximum Gasteiger partial charge on any atom is 0.331 e. The van der Waals surface area contributed by atoms with Crippen molar-refractivity contribution in [3.05, 3.63) is 46.3 Å². The number of aliphatic carboxylic acids is 1. The summed E-state index contributed by atoms with van der Waals surface area (Å²) < 4.78 is 32.3. The molecule has 0 saturated carbocycles. The Morgan fingerprint density at radius 1 is 1.29 bits per heavy atom. The van der Waals surface area contributed by atoms with Crippen LogP contribution in [0, 0.1) is 25.5 Å². The first-order valence-corrected chi connectivity index (χ1v) is 6.85. The lowest BCUT2D eigenvalue weighted by Gasteiger charge is -2.16. The van der Waals surface area contributed by atoms with Crippen molar-refractivity contribution in [1.29, 1.82) is 0 Å². The second-order valence-corrected chi connectivity index (χ2v) is 5.04. The van der Waals surface area contributed by atoms with Gasteiger partial charge >= 0.3 is 5.97 Å². The van der Waals surface area contributed by atoms with Crippen molar-refractivity contribution in [3.63, 3.8) is 0 Å². The number of aromatic amines is 1. The number of H-pyrrole nitrogens is 1. The molecule has 0 aliphatic rings. The summed E-state index contributed by atoms with van der Waals surface area (Å²) in [6.07, 6.45) is 0. The Morgan fingerprint density at radius 2 is 1.96 bits per heavy atom. The molecule has 1 amide bonds. The number of benzene rings is 1. The fraction of sp³-hybridized carbons (Fsp3) is 0.267. The van der Waals surface area contributed by atoms with Crippen LogP contribution in [-0.2, 0) is 4.79 Å². The van der Waals surface area contributed by atoms with E-state index in [2.05, 4.69) is 20.3 Å². The number of aromatic nitrogens is 2. The van der Waals surface area contributed by atoms with Gasteiger partial charge in [-0.05, 0) is 26.0 Å². The zero-order valence-electron chi connectivity index (χ0n) is 13.1. The molecule has 1 unspecified atom stereocenters. The molecular formula is C15H15F2N3O4. The number of carboxylic acid groups (broad SMARTS) is 1. The zero-order valence-corrected chi connectivity index (χ0v) is 13.1. The molecule has 24 heavy (non-hydrogen) atoms. The molecule has 3 N–H and O–H groups in total.